The summed E-state index contributed by atoms with van der Waals surface area (Å²) < 4.78 is 5.11. The van der Waals surface area contributed by atoms with Crippen LogP contribution in [0.2, 0.25) is 10.0 Å². The van der Waals surface area contributed by atoms with Crippen molar-refractivity contribution in [1.82, 2.24) is 0 Å². The summed E-state index contributed by atoms with van der Waals surface area (Å²) in [5, 5.41) is 0.817. The molecule has 92 valence electrons. The molecule has 2 rings (SSSR count). The highest BCUT2D eigenvalue weighted by Gasteiger charge is 2.09. The fourth-order valence-corrected chi connectivity index (χ4v) is 1.93. The summed E-state index contributed by atoms with van der Waals surface area (Å²) in [4.78, 5) is 12.0. The molecule has 0 amide bonds. The Kier molecular flexibility index (Phi) is 3.90. The molecule has 0 saturated heterocycles. The SMILES string of the molecule is Cc1cc(Cl)c(Cl)cc1C(=O)C=Cc1ccco1. The van der Waals surface area contributed by atoms with Crippen molar-refractivity contribution >= 4 is 35.1 Å². The Labute approximate surface area is 115 Å². The first-order chi connectivity index (χ1) is 8.58. The Bertz CT molecular complexity index is 599. The van der Waals surface area contributed by atoms with Crippen molar-refractivity contribution in [2.24, 2.45) is 0 Å². The molecule has 0 fully saturated rings. The van der Waals surface area contributed by atoms with Crippen LogP contribution in [0.25, 0.3) is 6.08 Å². The third kappa shape index (κ3) is 2.84. The summed E-state index contributed by atoms with van der Waals surface area (Å²) in [5.74, 6) is 0.489. The van der Waals surface area contributed by atoms with Gasteiger partial charge in [0, 0.05) is 5.56 Å². The lowest BCUT2D eigenvalue weighted by atomic mass is 10.0. The second-order valence-corrected chi connectivity index (χ2v) is 4.61. The minimum atomic E-state index is -0.137. The van der Waals surface area contributed by atoms with Crippen LogP contribution in [-0.4, -0.2) is 5.78 Å². The van der Waals surface area contributed by atoms with Gasteiger partial charge in [-0.05, 0) is 48.9 Å². The van der Waals surface area contributed by atoms with Crippen molar-refractivity contribution in [3.8, 4) is 0 Å². The summed E-state index contributed by atoms with van der Waals surface area (Å²) in [5.41, 5.74) is 1.32. The van der Waals surface area contributed by atoms with E-state index in [1.807, 2.05) is 6.92 Å². The van der Waals surface area contributed by atoms with Crippen LogP contribution in [0.5, 0.6) is 0 Å². The maximum atomic E-state index is 12.0. The van der Waals surface area contributed by atoms with Crippen molar-refractivity contribution in [2.45, 2.75) is 6.92 Å². The number of halogens is 2. The van der Waals surface area contributed by atoms with Gasteiger partial charge < -0.3 is 4.42 Å². The molecule has 0 radical (unpaired) electrons. The van der Waals surface area contributed by atoms with Crippen LogP contribution in [0, 0.1) is 6.92 Å². The predicted molar refractivity (Wildman–Crippen MR) is 73.3 cm³/mol. The van der Waals surface area contributed by atoms with Crippen LogP contribution in [0.4, 0.5) is 0 Å². The van der Waals surface area contributed by atoms with E-state index in [0.29, 0.717) is 21.4 Å². The fraction of sp³-hybridized carbons (Fsp3) is 0.0714. The van der Waals surface area contributed by atoms with Crippen molar-refractivity contribution in [3.05, 3.63) is 63.5 Å². The minimum Gasteiger partial charge on any atom is -0.465 e. The molecular formula is C14H10Cl2O2. The summed E-state index contributed by atoms with van der Waals surface area (Å²) in [6, 6.07) is 6.78. The van der Waals surface area contributed by atoms with Gasteiger partial charge in [-0.3, -0.25) is 4.79 Å². The molecular weight excluding hydrogens is 271 g/mol. The van der Waals surface area contributed by atoms with Crippen LogP contribution >= 0.6 is 23.2 Å². The lowest BCUT2D eigenvalue weighted by Gasteiger charge is -2.04. The molecule has 0 atom stereocenters. The van der Waals surface area contributed by atoms with Gasteiger partial charge in [-0.15, -0.1) is 0 Å². The highest BCUT2D eigenvalue weighted by Crippen LogP contribution is 2.26. The van der Waals surface area contributed by atoms with E-state index in [1.54, 1.807) is 36.6 Å². The molecule has 18 heavy (non-hydrogen) atoms. The van der Waals surface area contributed by atoms with E-state index in [0.717, 1.165) is 5.56 Å². The van der Waals surface area contributed by atoms with Gasteiger partial charge in [0.1, 0.15) is 5.76 Å². The first kappa shape index (κ1) is 12.9. The largest absolute Gasteiger partial charge is 0.465 e. The van der Waals surface area contributed by atoms with E-state index >= 15 is 0 Å². The Morgan fingerprint density at radius 1 is 1.28 bits per heavy atom. The number of furan rings is 1. The zero-order chi connectivity index (χ0) is 13.1. The number of aryl methyl sites for hydroxylation is 1. The van der Waals surface area contributed by atoms with Gasteiger partial charge in [-0.1, -0.05) is 23.2 Å². The van der Waals surface area contributed by atoms with Gasteiger partial charge in [0.2, 0.25) is 0 Å². The van der Waals surface area contributed by atoms with Gasteiger partial charge in [0.25, 0.3) is 0 Å². The van der Waals surface area contributed by atoms with Gasteiger partial charge in [-0.2, -0.15) is 0 Å². The summed E-state index contributed by atoms with van der Waals surface area (Å²) >= 11 is 11.8. The Hall–Kier alpha value is -1.51. The highest BCUT2D eigenvalue weighted by molar-refractivity contribution is 6.42. The van der Waals surface area contributed by atoms with Crippen molar-refractivity contribution in [2.75, 3.05) is 0 Å². The van der Waals surface area contributed by atoms with Gasteiger partial charge in [0.05, 0.1) is 16.3 Å². The molecule has 1 heterocycles. The standard InChI is InChI=1S/C14H10Cl2O2/c1-9-7-12(15)13(16)8-11(9)14(17)5-4-10-3-2-6-18-10/h2-8H,1H3. The molecule has 0 bridgehead atoms. The number of benzene rings is 1. The third-order valence-electron chi connectivity index (χ3n) is 2.47. The molecule has 0 N–H and O–H groups in total. The lowest BCUT2D eigenvalue weighted by Crippen LogP contribution is -1.98. The topological polar surface area (TPSA) is 30.2 Å². The molecule has 2 nitrogen and oxygen atoms in total. The number of hydrogen-bond donors (Lipinski definition) is 0. The molecule has 0 aliphatic carbocycles. The Morgan fingerprint density at radius 3 is 2.67 bits per heavy atom. The summed E-state index contributed by atoms with van der Waals surface area (Å²) in [6.45, 7) is 1.82. The second-order valence-electron chi connectivity index (χ2n) is 3.79. The quantitative estimate of drug-likeness (QED) is 0.598. The number of hydrogen-bond acceptors (Lipinski definition) is 2. The van der Waals surface area contributed by atoms with Crippen LogP contribution in [0.3, 0.4) is 0 Å². The Balaban J connectivity index is 2.27. The average molecular weight is 281 g/mol. The van der Waals surface area contributed by atoms with E-state index in [2.05, 4.69) is 0 Å². The van der Waals surface area contributed by atoms with Crippen molar-refractivity contribution in [3.63, 3.8) is 0 Å². The van der Waals surface area contributed by atoms with Crippen molar-refractivity contribution in [1.29, 1.82) is 0 Å². The predicted octanol–water partition coefficient (Wildman–Crippen LogP) is 4.79. The molecule has 4 heteroatoms. The zero-order valence-corrected chi connectivity index (χ0v) is 11.1. The third-order valence-corrected chi connectivity index (χ3v) is 3.20. The molecule has 0 aliphatic rings. The first-order valence-corrected chi connectivity index (χ1v) is 6.05. The zero-order valence-electron chi connectivity index (χ0n) is 9.61. The van der Waals surface area contributed by atoms with Crippen LogP contribution in [0.1, 0.15) is 21.7 Å². The van der Waals surface area contributed by atoms with E-state index in [4.69, 9.17) is 27.6 Å². The highest BCUT2D eigenvalue weighted by atomic mass is 35.5. The molecule has 0 unspecified atom stereocenters. The number of rotatable bonds is 3. The fourth-order valence-electron chi connectivity index (χ4n) is 1.55. The lowest BCUT2D eigenvalue weighted by molar-refractivity contribution is 0.104. The molecule has 1 aromatic heterocycles. The number of carbonyl (C=O) groups excluding carboxylic acids is 1. The van der Waals surface area contributed by atoms with Gasteiger partial charge in [-0.25, -0.2) is 0 Å². The van der Waals surface area contributed by atoms with Crippen molar-refractivity contribution < 1.29 is 9.21 Å². The van der Waals surface area contributed by atoms with Crippen LogP contribution < -0.4 is 0 Å². The van der Waals surface area contributed by atoms with E-state index < -0.39 is 0 Å². The molecule has 0 spiro atoms. The molecule has 0 aliphatic heterocycles. The second kappa shape index (κ2) is 5.42. The normalized spacial score (nSPS) is 11.1. The van der Waals surface area contributed by atoms with Crippen LogP contribution in [0.15, 0.2) is 41.0 Å². The first-order valence-electron chi connectivity index (χ1n) is 5.29. The minimum absolute atomic E-state index is 0.137. The number of allylic oxidation sites excluding steroid dienone is 1. The Morgan fingerprint density at radius 2 is 2.00 bits per heavy atom. The van der Waals surface area contributed by atoms with E-state index in [9.17, 15) is 4.79 Å². The maximum Gasteiger partial charge on any atom is 0.186 e. The maximum absolute atomic E-state index is 12.0. The monoisotopic (exact) mass is 280 g/mol. The van der Waals surface area contributed by atoms with Gasteiger partial charge >= 0.3 is 0 Å². The smallest absolute Gasteiger partial charge is 0.186 e. The van der Waals surface area contributed by atoms with E-state index in [1.165, 1.54) is 6.08 Å². The molecule has 1 aromatic carbocycles. The summed E-state index contributed by atoms with van der Waals surface area (Å²) in [6.07, 6.45) is 4.62. The molecule has 2 aromatic rings. The summed E-state index contributed by atoms with van der Waals surface area (Å²) in [7, 11) is 0. The van der Waals surface area contributed by atoms with Gasteiger partial charge in [0.15, 0.2) is 5.78 Å². The number of carbonyl (C=O) groups is 1. The average Bonchev–Trinajstić information content (AvgIpc) is 2.84. The van der Waals surface area contributed by atoms with E-state index in [-0.39, 0.29) is 5.78 Å². The van der Waals surface area contributed by atoms with Crippen LogP contribution in [-0.2, 0) is 0 Å². The number of ketones is 1. The molecule has 0 saturated carbocycles.